The summed E-state index contributed by atoms with van der Waals surface area (Å²) in [6, 6.07) is 17.6. The molecule has 0 unspecified atom stereocenters. The Balaban J connectivity index is 1.13. The first kappa shape index (κ1) is 31.2. The average Bonchev–Trinajstić information content (AvgIpc) is 3.57. The number of hydrogen-bond acceptors (Lipinski definition) is 11. The van der Waals surface area contributed by atoms with E-state index in [0.29, 0.717) is 24.8 Å². The number of carbonyl (C=O) groups is 1. The molecule has 2 heterocycles. The molecule has 4 aromatic rings. The number of carbonyl (C=O) groups excluding carboxylic acids is 1. The lowest BCUT2D eigenvalue weighted by molar-refractivity contribution is -0.143. The molecule has 0 saturated carbocycles. The topological polar surface area (TPSA) is 101 Å². The fraction of sp³-hybridized carbons (Fsp3) is 0.419. The fourth-order valence-electron chi connectivity index (χ4n) is 4.00. The lowest BCUT2D eigenvalue weighted by Gasteiger charge is -2.11. The molecule has 0 aliphatic rings. The van der Waals surface area contributed by atoms with E-state index in [1.807, 2.05) is 80.5 Å². The zero-order valence-corrected chi connectivity index (χ0v) is 26.1. The van der Waals surface area contributed by atoms with Crippen molar-refractivity contribution in [2.75, 3.05) is 32.2 Å². The summed E-state index contributed by atoms with van der Waals surface area (Å²) in [6.45, 7) is 3.07. The number of anilines is 1. The van der Waals surface area contributed by atoms with Gasteiger partial charge in [-0.25, -0.2) is 4.98 Å². The molecule has 0 radical (unpaired) electrons. The van der Waals surface area contributed by atoms with Gasteiger partial charge in [0.25, 0.3) is 0 Å². The number of aromatic nitrogens is 1. The maximum atomic E-state index is 11.1. The van der Waals surface area contributed by atoms with Crippen LogP contribution in [-0.4, -0.2) is 38.3 Å². The highest BCUT2D eigenvalue weighted by atomic mass is 32.1. The summed E-state index contributed by atoms with van der Waals surface area (Å²) < 4.78 is 12.0. The van der Waals surface area contributed by atoms with Crippen LogP contribution in [0.2, 0.25) is 0 Å². The van der Waals surface area contributed by atoms with Crippen molar-refractivity contribution in [3.05, 3.63) is 54.6 Å². The number of ether oxygens (including phenoxy) is 2. The number of thiazole rings is 1. The van der Waals surface area contributed by atoms with E-state index in [2.05, 4.69) is 25.4 Å². The molecule has 11 heteroatoms. The molecule has 4 rings (SSSR count). The summed E-state index contributed by atoms with van der Waals surface area (Å²) in [5.41, 5.74) is 2.67. The average molecular weight is 607 g/mol. The van der Waals surface area contributed by atoms with Crippen molar-refractivity contribution in [1.82, 2.24) is 4.98 Å². The number of thiophene rings is 1. The minimum atomic E-state index is -0.108. The second kappa shape index (κ2) is 16.7. The molecular formula is C31H38N6O3S2. The normalized spacial score (nSPS) is 11.6. The smallest absolute Gasteiger partial charge is 0.305 e. The monoisotopic (exact) mass is 606 g/mol. The molecule has 0 atom stereocenters. The maximum absolute atomic E-state index is 11.1. The maximum Gasteiger partial charge on any atom is 0.305 e. The molecular weight excluding hydrogens is 569 g/mol. The van der Waals surface area contributed by atoms with Crippen molar-refractivity contribution in [3.63, 3.8) is 0 Å². The summed E-state index contributed by atoms with van der Waals surface area (Å²) in [7, 11) is 4.01. The van der Waals surface area contributed by atoms with E-state index in [4.69, 9.17) is 9.47 Å². The molecule has 0 aliphatic heterocycles. The van der Waals surface area contributed by atoms with E-state index in [1.165, 1.54) is 41.9 Å². The Morgan fingerprint density at radius 3 is 2.05 bits per heavy atom. The van der Waals surface area contributed by atoms with Gasteiger partial charge in [-0.1, -0.05) is 61.7 Å². The number of esters is 1. The summed E-state index contributed by atoms with van der Waals surface area (Å²) in [5.74, 6) is 0.731. The molecule has 9 nitrogen and oxygen atoms in total. The summed E-state index contributed by atoms with van der Waals surface area (Å²) in [6.07, 6.45) is 8.29. The predicted octanol–water partition coefficient (Wildman–Crippen LogP) is 10.3. The predicted molar refractivity (Wildman–Crippen MR) is 172 cm³/mol. The van der Waals surface area contributed by atoms with Gasteiger partial charge in [0.05, 0.1) is 29.3 Å². The van der Waals surface area contributed by atoms with Gasteiger partial charge in [-0.3, -0.25) is 4.79 Å². The molecule has 0 spiro atoms. The highest BCUT2D eigenvalue weighted by Crippen LogP contribution is 2.39. The number of unbranched alkanes of at least 4 members (excludes halogenated alkanes) is 6. The summed E-state index contributed by atoms with van der Waals surface area (Å²) in [4.78, 5) is 18.6. The fourth-order valence-corrected chi connectivity index (χ4v) is 5.85. The van der Waals surface area contributed by atoms with Gasteiger partial charge in [0.15, 0.2) is 0 Å². The molecule has 2 aromatic carbocycles. The summed E-state index contributed by atoms with van der Waals surface area (Å²) in [5, 5.41) is 18.8. The third-order valence-corrected chi connectivity index (χ3v) is 8.32. The number of hydrogen-bond donors (Lipinski definition) is 0. The lowest BCUT2D eigenvalue weighted by Crippen LogP contribution is -2.07. The number of benzene rings is 2. The number of azo groups is 2. The molecule has 0 fully saturated rings. The first-order chi connectivity index (χ1) is 20.5. The Morgan fingerprint density at radius 1 is 0.786 bits per heavy atom. The van der Waals surface area contributed by atoms with Gasteiger partial charge >= 0.3 is 5.97 Å². The first-order valence-corrected chi connectivity index (χ1v) is 16.0. The zero-order valence-electron chi connectivity index (χ0n) is 24.5. The van der Waals surface area contributed by atoms with Crippen LogP contribution in [-0.2, 0) is 9.53 Å². The van der Waals surface area contributed by atoms with Gasteiger partial charge in [0, 0.05) is 26.2 Å². The van der Waals surface area contributed by atoms with Gasteiger partial charge in [0.1, 0.15) is 15.6 Å². The second-order valence-corrected chi connectivity index (χ2v) is 12.0. The minimum absolute atomic E-state index is 0.108. The minimum Gasteiger partial charge on any atom is -0.494 e. The van der Waals surface area contributed by atoms with Gasteiger partial charge in [-0.05, 0) is 67.4 Å². The zero-order chi connectivity index (χ0) is 29.6. The molecule has 222 valence electrons. The first-order valence-electron chi connectivity index (χ1n) is 14.4. The quantitative estimate of drug-likeness (QED) is 0.0676. The van der Waals surface area contributed by atoms with Crippen molar-refractivity contribution < 1.29 is 14.3 Å². The van der Waals surface area contributed by atoms with E-state index in [9.17, 15) is 4.79 Å². The molecule has 42 heavy (non-hydrogen) atoms. The van der Waals surface area contributed by atoms with Crippen molar-refractivity contribution in [3.8, 4) is 5.75 Å². The SMILES string of the molecule is CCC(=O)OCCCCCCCCCOc1ccc(N=Nc2cc3sc(N=Nc4ccc(N(C)C)cc4)nc3s2)cc1. The Hall–Kier alpha value is -3.70. The molecule has 0 amide bonds. The number of fused-ring (bicyclic) bond motifs is 1. The van der Waals surface area contributed by atoms with Crippen molar-refractivity contribution in [1.29, 1.82) is 0 Å². The number of nitrogens with zero attached hydrogens (tertiary/aromatic N) is 6. The van der Waals surface area contributed by atoms with Crippen LogP contribution in [0.3, 0.4) is 0 Å². The number of rotatable bonds is 17. The van der Waals surface area contributed by atoms with Crippen molar-refractivity contribution in [2.24, 2.45) is 20.5 Å². The van der Waals surface area contributed by atoms with Crippen LogP contribution in [0.5, 0.6) is 5.75 Å². The van der Waals surface area contributed by atoms with Gasteiger partial charge in [-0.15, -0.1) is 20.5 Å². The Labute approximate surface area is 255 Å². The largest absolute Gasteiger partial charge is 0.494 e. The van der Waals surface area contributed by atoms with Crippen LogP contribution in [0.1, 0.15) is 58.3 Å². The summed E-state index contributed by atoms with van der Waals surface area (Å²) >= 11 is 2.97. The van der Waals surface area contributed by atoms with Crippen molar-refractivity contribution >= 4 is 65.4 Å². The Morgan fingerprint density at radius 2 is 1.40 bits per heavy atom. The lowest BCUT2D eigenvalue weighted by atomic mass is 10.1. The second-order valence-electron chi connectivity index (χ2n) is 9.95. The highest BCUT2D eigenvalue weighted by Gasteiger charge is 2.08. The Bertz CT molecular complexity index is 1410. The third kappa shape index (κ3) is 10.3. The van der Waals surface area contributed by atoms with Gasteiger partial charge in [-0.2, -0.15) is 0 Å². The molecule has 2 aromatic heterocycles. The van der Waals surface area contributed by atoms with E-state index in [0.717, 1.165) is 63.0 Å². The van der Waals surface area contributed by atoms with Crippen molar-refractivity contribution in [2.45, 2.75) is 58.3 Å². The van der Waals surface area contributed by atoms with E-state index < -0.39 is 0 Å². The standard InChI is InChI=1S/C31H38N6O3S2/c1-4-29(38)40-21-11-9-7-5-6-8-10-20-39-26-18-14-24(15-19-26)33-35-28-22-27-30(42-28)32-31(41-27)36-34-23-12-16-25(17-13-23)37(2)3/h12-19,22H,4-11,20-21H2,1-3H3. The van der Waals surface area contributed by atoms with Crippen LogP contribution >= 0.6 is 22.7 Å². The highest BCUT2D eigenvalue weighted by molar-refractivity contribution is 7.30. The van der Waals surface area contributed by atoms with Crippen LogP contribution in [0.15, 0.2) is 75.1 Å². The molecule has 0 aliphatic carbocycles. The Kier molecular flexibility index (Phi) is 12.4. The van der Waals surface area contributed by atoms with Crippen LogP contribution in [0.4, 0.5) is 27.2 Å². The molecule has 0 saturated heterocycles. The van der Waals surface area contributed by atoms with Crippen LogP contribution < -0.4 is 9.64 Å². The van der Waals surface area contributed by atoms with Gasteiger partial charge in [0.2, 0.25) is 5.13 Å². The van der Waals surface area contributed by atoms with Crippen LogP contribution in [0.25, 0.3) is 9.53 Å². The van der Waals surface area contributed by atoms with Crippen LogP contribution in [0, 0.1) is 0 Å². The van der Waals surface area contributed by atoms with Gasteiger partial charge < -0.3 is 14.4 Å². The van der Waals surface area contributed by atoms with E-state index >= 15 is 0 Å². The van der Waals surface area contributed by atoms with E-state index in [-0.39, 0.29) is 5.97 Å². The third-order valence-electron chi connectivity index (χ3n) is 6.39. The molecule has 0 N–H and O–H groups in total. The van der Waals surface area contributed by atoms with E-state index in [1.54, 1.807) is 0 Å². The molecule has 0 bridgehead atoms.